The van der Waals surface area contributed by atoms with Crippen LogP contribution in [0.25, 0.3) is 0 Å². The van der Waals surface area contributed by atoms with Gasteiger partial charge in [-0.05, 0) is 116 Å². The number of rotatable bonds is 6. The molecule has 0 saturated heterocycles. The van der Waals surface area contributed by atoms with Crippen molar-refractivity contribution in [3.63, 3.8) is 0 Å². The van der Waals surface area contributed by atoms with Gasteiger partial charge in [0, 0.05) is 11.8 Å². The summed E-state index contributed by atoms with van der Waals surface area (Å²) in [5.74, 6) is 1.37. The van der Waals surface area contributed by atoms with E-state index < -0.39 is 5.41 Å². The molecule has 0 aromatic heterocycles. The fourth-order valence-electron chi connectivity index (χ4n) is 12.1. The van der Waals surface area contributed by atoms with Crippen molar-refractivity contribution >= 4 is 11.9 Å². The molecule has 0 bridgehead atoms. The van der Waals surface area contributed by atoms with Crippen molar-refractivity contribution < 1.29 is 19.1 Å². The maximum atomic E-state index is 14.3. The van der Waals surface area contributed by atoms with Gasteiger partial charge in [0.2, 0.25) is 0 Å². The molecule has 4 fully saturated rings. The van der Waals surface area contributed by atoms with Crippen LogP contribution in [0.4, 0.5) is 0 Å². The zero-order valence-electron chi connectivity index (χ0n) is 29.6. The number of hydrogen-bond donors (Lipinski definition) is 0. The first-order valence-corrected chi connectivity index (χ1v) is 18.2. The van der Waals surface area contributed by atoms with Gasteiger partial charge < -0.3 is 9.47 Å². The summed E-state index contributed by atoms with van der Waals surface area (Å²) in [6, 6.07) is 10.2. The first-order valence-electron chi connectivity index (χ1n) is 18.2. The Hall–Kier alpha value is -2.10. The third-order valence-corrected chi connectivity index (χ3v) is 14.9. The molecule has 0 amide bonds. The maximum Gasteiger partial charge on any atom is 0.313 e. The van der Waals surface area contributed by atoms with Crippen molar-refractivity contribution in [1.82, 2.24) is 0 Å². The highest BCUT2D eigenvalue weighted by molar-refractivity contribution is 5.79. The maximum absolute atomic E-state index is 14.3. The summed E-state index contributed by atoms with van der Waals surface area (Å²) in [4.78, 5) is 26.9. The van der Waals surface area contributed by atoms with Gasteiger partial charge in [-0.15, -0.1) is 0 Å². The van der Waals surface area contributed by atoms with E-state index in [-0.39, 0.29) is 51.0 Å². The van der Waals surface area contributed by atoms with Crippen LogP contribution in [-0.2, 0) is 25.7 Å². The zero-order chi connectivity index (χ0) is 32.5. The van der Waals surface area contributed by atoms with Crippen LogP contribution in [0, 0.1) is 50.2 Å². The molecule has 5 aliphatic carbocycles. The monoisotopic (exact) mass is 616 g/mol. The molecule has 0 radical (unpaired) electrons. The van der Waals surface area contributed by atoms with Gasteiger partial charge in [-0.1, -0.05) is 97.4 Å². The highest BCUT2D eigenvalue weighted by Gasteiger charge is 2.69. The summed E-state index contributed by atoms with van der Waals surface area (Å²) < 4.78 is 12.4. The molecule has 0 heterocycles. The molecular weight excluding hydrogens is 556 g/mol. The van der Waals surface area contributed by atoms with E-state index in [1.165, 1.54) is 12.8 Å². The zero-order valence-corrected chi connectivity index (χ0v) is 29.6. The molecule has 6 rings (SSSR count). The number of allylic oxidation sites excluding steroid dienone is 2. The molecule has 0 unspecified atom stereocenters. The van der Waals surface area contributed by atoms with Gasteiger partial charge in [0.1, 0.15) is 12.7 Å². The minimum Gasteiger partial charge on any atom is -0.462 e. The summed E-state index contributed by atoms with van der Waals surface area (Å²) in [7, 11) is 0. The number of carbonyl (C=O) groups is 2. The average molecular weight is 617 g/mol. The van der Waals surface area contributed by atoms with Crippen molar-refractivity contribution in [2.24, 2.45) is 50.2 Å². The SMILES string of the molecule is CCCC(=O)O[C@H]1CC[C@]2(C)[C@H]3CC=C4[C@@H]5CC(C)(C)CC[C@]5(C(=O)OCc5ccccc5)CC[C@@]4(C)[C@]3(C)CC[C@H]2C1(C)C. The van der Waals surface area contributed by atoms with E-state index >= 15 is 0 Å². The van der Waals surface area contributed by atoms with E-state index in [1.807, 2.05) is 18.2 Å². The Morgan fingerprint density at radius 2 is 1.56 bits per heavy atom. The number of ether oxygens (including phenoxy) is 2. The Labute approximate surface area is 273 Å². The van der Waals surface area contributed by atoms with Crippen molar-refractivity contribution in [2.75, 3.05) is 0 Å². The second kappa shape index (κ2) is 11.3. The summed E-state index contributed by atoms with van der Waals surface area (Å²) in [5.41, 5.74) is 2.84. The van der Waals surface area contributed by atoms with Gasteiger partial charge in [0.15, 0.2) is 0 Å². The van der Waals surface area contributed by atoms with Crippen LogP contribution in [0.2, 0.25) is 0 Å². The quantitative estimate of drug-likeness (QED) is 0.236. The minimum absolute atomic E-state index is 0.00549. The van der Waals surface area contributed by atoms with Gasteiger partial charge in [-0.2, -0.15) is 0 Å². The molecule has 0 N–H and O–H groups in total. The third-order valence-electron chi connectivity index (χ3n) is 14.9. The molecular formula is C41H60O4. The lowest BCUT2D eigenvalue weighted by atomic mass is 9.33. The third kappa shape index (κ3) is 5.05. The standard InChI is InChI=1S/C41H60O4/c1-9-13-34(42)45-33-19-20-38(6)31(37(33,4)5)18-21-40(8)32(38)17-16-29-30-26-36(2,3)22-24-41(30,25-23-39(29,40)7)35(43)44-27-28-14-11-10-12-15-28/h10-12,14-16,30-33H,9,13,17-27H2,1-8H3/t30-,31-,32+,33-,38-,39+,40+,41-/m0/s1. The summed E-state index contributed by atoms with van der Waals surface area (Å²) in [6.07, 6.45) is 14.6. The number of benzene rings is 1. The molecule has 1 aromatic rings. The number of hydrogen-bond acceptors (Lipinski definition) is 4. The van der Waals surface area contributed by atoms with E-state index in [0.717, 1.165) is 63.4 Å². The number of fused-ring (bicyclic) bond motifs is 7. The molecule has 45 heavy (non-hydrogen) atoms. The van der Waals surface area contributed by atoms with E-state index in [4.69, 9.17) is 9.47 Å². The van der Waals surface area contributed by atoms with Crippen LogP contribution in [-0.4, -0.2) is 18.0 Å². The van der Waals surface area contributed by atoms with Gasteiger partial charge >= 0.3 is 11.9 Å². The van der Waals surface area contributed by atoms with Crippen LogP contribution in [0.15, 0.2) is 42.0 Å². The van der Waals surface area contributed by atoms with Crippen LogP contribution in [0.1, 0.15) is 138 Å². The molecule has 4 nitrogen and oxygen atoms in total. The molecule has 4 saturated carbocycles. The smallest absolute Gasteiger partial charge is 0.313 e. The Morgan fingerprint density at radius 3 is 2.27 bits per heavy atom. The fourth-order valence-corrected chi connectivity index (χ4v) is 12.1. The minimum atomic E-state index is -0.414. The van der Waals surface area contributed by atoms with Gasteiger partial charge in [-0.25, -0.2) is 0 Å². The topological polar surface area (TPSA) is 52.6 Å². The molecule has 4 heteroatoms. The number of carbonyl (C=O) groups excluding carboxylic acids is 2. The van der Waals surface area contributed by atoms with Crippen LogP contribution in [0.3, 0.4) is 0 Å². The van der Waals surface area contributed by atoms with Crippen molar-refractivity contribution in [1.29, 1.82) is 0 Å². The lowest BCUT2D eigenvalue weighted by Crippen LogP contribution is -2.65. The van der Waals surface area contributed by atoms with Crippen molar-refractivity contribution in [3.05, 3.63) is 47.5 Å². The van der Waals surface area contributed by atoms with Gasteiger partial charge in [0.25, 0.3) is 0 Å². The van der Waals surface area contributed by atoms with E-state index in [2.05, 4.69) is 73.6 Å². The Bertz CT molecular complexity index is 1330. The molecule has 0 spiro atoms. The predicted octanol–water partition coefficient (Wildman–Crippen LogP) is 10.2. The molecule has 1 aromatic carbocycles. The molecule has 5 aliphatic rings. The van der Waals surface area contributed by atoms with Crippen LogP contribution < -0.4 is 0 Å². The number of esters is 2. The second-order valence-electron chi connectivity index (χ2n) is 18.0. The Morgan fingerprint density at radius 1 is 0.844 bits per heavy atom. The predicted molar refractivity (Wildman–Crippen MR) is 180 cm³/mol. The summed E-state index contributed by atoms with van der Waals surface area (Å²) >= 11 is 0. The fraction of sp³-hybridized carbons (Fsp3) is 0.756. The highest BCUT2D eigenvalue weighted by atomic mass is 16.5. The molecule has 8 atom stereocenters. The normalized spacial score (nSPS) is 41.3. The van der Waals surface area contributed by atoms with E-state index in [9.17, 15) is 9.59 Å². The van der Waals surface area contributed by atoms with Crippen molar-refractivity contribution in [2.45, 2.75) is 145 Å². The molecule has 248 valence electrons. The lowest BCUT2D eigenvalue weighted by Gasteiger charge is -2.71. The van der Waals surface area contributed by atoms with Gasteiger partial charge in [-0.3, -0.25) is 9.59 Å². The Balaban J connectivity index is 1.31. The second-order valence-corrected chi connectivity index (χ2v) is 18.0. The first-order chi connectivity index (χ1) is 21.1. The van der Waals surface area contributed by atoms with E-state index in [0.29, 0.717) is 24.9 Å². The van der Waals surface area contributed by atoms with Gasteiger partial charge in [0.05, 0.1) is 5.41 Å². The summed E-state index contributed by atoms with van der Waals surface area (Å²) in [6.45, 7) is 19.8. The van der Waals surface area contributed by atoms with E-state index in [1.54, 1.807) is 5.57 Å². The lowest BCUT2D eigenvalue weighted by molar-refractivity contribution is -0.214. The van der Waals surface area contributed by atoms with Crippen molar-refractivity contribution in [3.8, 4) is 0 Å². The largest absolute Gasteiger partial charge is 0.462 e. The Kier molecular flexibility index (Phi) is 8.21. The molecule has 0 aliphatic heterocycles. The summed E-state index contributed by atoms with van der Waals surface area (Å²) in [5, 5.41) is 0. The average Bonchev–Trinajstić information content (AvgIpc) is 2.98. The first kappa shape index (κ1) is 32.8. The highest BCUT2D eigenvalue weighted by Crippen LogP contribution is 2.76. The van der Waals surface area contributed by atoms with Crippen LogP contribution in [0.5, 0.6) is 0 Å². The van der Waals surface area contributed by atoms with Crippen LogP contribution >= 0.6 is 0 Å².